The molecule has 9 heteroatoms. The number of hydrogen-bond donors (Lipinski definition) is 0. The third-order valence-corrected chi connectivity index (χ3v) is 4.72. The van der Waals surface area contributed by atoms with Crippen molar-refractivity contribution in [3.63, 3.8) is 0 Å². The van der Waals surface area contributed by atoms with Crippen LogP contribution < -0.4 is 0 Å². The second-order valence-electron chi connectivity index (χ2n) is 6.46. The van der Waals surface area contributed by atoms with E-state index in [2.05, 4.69) is 5.10 Å². The zero-order valence-electron chi connectivity index (χ0n) is 16.3. The maximum absolute atomic E-state index is 12.4. The maximum atomic E-state index is 12.4. The lowest BCUT2D eigenvalue weighted by Gasteiger charge is -2.22. The molecule has 0 N–H and O–H groups in total. The first kappa shape index (κ1) is 21.3. The summed E-state index contributed by atoms with van der Waals surface area (Å²) in [7, 11) is 0. The van der Waals surface area contributed by atoms with Crippen LogP contribution in [0.15, 0.2) is 0 Å². The van der Waals surface area contributed by atoms with Gasteiger partial charge in [-0.15, -0.1) is 0 Å². The van der Waals surface area contributed by atoms with Gasteiger partial charge in [0, 0.05) is 12.5 Å². The third-order valence-electron chi connectivity index (χ3n) is 4.72. The van der Waals surface area contributed by atoms with E-state index in [0.29, 0.717) is 25.1 Å². The summed E-state index contributed by atoms with van der Waals surface area (Å²) in [4.78, 5) is 23.6. The topological polar surface area (TPSA) is 106 Å². The molecule has 1 aromatic rings. The molecular weight excluding hydrogens is 354 g/mol. The lowest BCUT2D eigenvalue weighted by atomic mass is 9.98. The van der Waals surface area contributed by atoms with Crippen LogP contribution in [0.2, 0.25) is 0 Å². The van der Waals surface area contributed by atoms with Crippen molar-refractivity contribution < 1.29 is 23.9 Å². The Hall–Kier alpha value is -2.00. The van der Waals surface area contributed by atoms with Crippen LogP contribution in [-0.2, 0) is 20.8 Å². The maximum Gasteiger partial charge on any atom is 0.363 e. The molecule has 9 nitrogen and oxygen atoms in total. The molecule has 0 spiro atoms. The van der Waals surface area contributed by atoms with E-state index >= 15 is 0 Å². The molecule has 1 aromatic heterocycles. The van der Waals surface area contributed by atoms with Crippen LogP contribution in [-0.4, -0.2) is 46.8 Å². The highest BCUT2D eigenvalue weighted by molar-refractivity contribution is 5.92. The van der Waals surface area contributed by atoms with Gasteiger partial charge in [-0.25, -0.2) is 9.48 Å². The number of ether oxygens (including phenoxy) is 3. The zero-order chi connectivity index (χ0) is 19.8. The van der Waals surface area contributed by atoms with E-state index in [1.54, 1.807) is 6.92 Å². The fourth-order valence-electron chi connectivity index (χ4n) is 3.28. The number of carbonyl (C=O) groups is 1. The van der Waals surface area contributed by atoms with E-state index in [4.69, 9.17) is 14.2 Å². The molecule has 2 heterocycles. The standard InChI is InChI=1S/C18H29N3O6/c1-4-13(5-2)15-16(21(23)24)17(18(22)25-6-3)20(19-15)10-12-27-14-9-7-8-11-26-14/h13-14H,4-12H2,1-3H3. The number of rotatable bonds is 10. The van der Waals surface area contributed by atoms with Crippen molar-refractivity contribution in [3.05, 3.63) is 21.5 Å². The predicted octanol–water partition coefficient (Wildman–Crippen LogP) is 3.41. The average molecular weight is 383 g/mol. The number of aromatic nitrogens is 2. The summed E-state index contributed by atoms with van der Waals surface area (Å²) in [6.07, 6.45) is 4.02. The van der Waals surface area contributed by atoms with Crippen LogP contribution >= 0.6 is 0 Å². The van der Waals surface area contributed by atoms with Crippen LogP contribution in [0, 0.1) is 10.1 Å². The highest BCUT2D eigenvalue weighted by Gasteiger charge is 2.35. The van der Waals surface area contributed by atoms with E-state index in [1.165, 1.54) is 4.68 Å². The number of hydrogen-bond acceptors (Lipinski definition) is 7. The van der Waals surface area contributed by atoms with Gasteiger partial charge in [0.05, 0.1) is 24.7 Å². The molecule has 1 aliphatic heterocycles. The summed E-state index contributed by atoms with van der Waals surface area (Å²) in [5.74, 6) is -0.828. The highest BCUT2D eigenvalue weighted by atomic mass is 16.7. The molecule has 0 aliphatic carbocycles. The number of esters is 1. The molecule has 0 aromatic carbocycles. The van der Waals surface area contributed by atoms with Gasteiger partial charge in [0.25, 0.3) is 0 Å². The quantitative estimate of drug-likeness (QED) is 0.346. The number of carbonyl (C=O) groups excluding carboxylic acids is 1. The van der Waals surface area contributed by atoms with Gasteiger partial charge in [-0.2, -0.15) is 5.10 Å². The molecule has 0 radical (unpaired) electrons. The molecule has 1 atom stereocenters. The lowest BCUT2D eigenvalue weighted by molar-refractivity contribution is -0.386. The van der Waals surface area contributed by atoms with Crippen LogP contribution in [0.1, 0.15) is 75.0 Å². The Kier molecular flexibility index (Phi) is 8.18. The van der Waals surface area contributed by atoms with Gasteiger partial charge in [0.1, 0.15) is 5.69 Å². The predicted molar refractivity (Wildman–Crippen MR) is 97.7 cm³/mol. The first-order valence-corrected chi connectivity index (χ1v) is 9.68. The van der Waals surface area contributed by atoms with Gasteiger partial charge in [-0.3, -0.25) is 10.1 Å². The minimum absolute atomic E-state index is 0.0950. The van der Waals surface area contributed by atoms with Gasteiger partial charge in [-0.05, 0) is 39.0 Å². The molecule has 27 heavy (non-hydrogen) atoms. The Morgan fingerprint density at radius 1 is 1.37 bits per heavy atom. The fraction of sp³-hybridized carbons (Fsp3) is 0.778. The summed E-state index contributed by atoms with van der Waals surface area (Å²) < 4.78 is 17.6. The Morgan fingerprint density at radius 3 is 2.67 bits per heavy atom. The second kappa shape index (κ2) is 10.4. The fourth-order valence-corrected chi connectivity index (χ4v) is 3.28. The summed E-state index contributed by atoms with van der Waals surface area (Å²) in [5.41, 5.74) is -0.0325. The lowest BCUT2D eigenvalue weighted by Crippen LogP contribution is -2.25. The van der Waals surface area contributed by atoms with Crippen molar-refractivity contribution in [1.29, 1.82) is 0 Å². The van der Waals surface area contributed by atoms with Crippen molar-refractivity contribution in [2.75, 3.05) is 19.8 Å². The molecule has 0 amide bonds. The average Bonchev–Trinajstić information content (AvgIpc) is 3.03. The van der Waals surface area contributed by atoms with E-state index < -0.39 is 10.9 Å². The van der Waals surface area contributed by atoms with Gasteiger partial charge in [0.15, 0.2) is 6.29 Å². The summed E-state index contributed by atoms with van der Waals surface area (Å²) >= 11 is 0. The molecule has 1 aliphatic rings. The minimum atomic E-state index is -0.733. The van der Waals surface area contributed by atoms with Crippen LogP contribution in [0.3, 0.4) is 0 Å². The van der Waals surface area contributed by atoms with Crippen molar-refractivity contribution >= 4 is 11.7 Å². The Morgan fingerprint density at radius 2 is 2.11 bits per heavy atom. The van der Waals surface area contributed by atoms with Crippen molar-refractivity contribution in [2.45, 2.75) is 71.6 Å². The Labute approximate surface area is 159 Å². The summed E-state index contributed by atoms with van der Waals surface area (Å²) in [6, 6.07) is 0. The van der Waals surface area contributed by atoms with Crippen molar-refractivity contribution in [1.82, 2.24) is 9.78 Å². The SMILES string of the molecule is CCOC(=O)c1c([N+](=O)[O-])c(C(CC)CC)nn1CCOC1CCCCO1. The molecule has 0 saturated carbocycles. The van der Waals surface area contributed by atoms with E-state index in [-0.39, 0.29) is 43.3 Å². The Balaban J connectivity index is 2.28. The molecule has 2 rings (SSSR count). The molecule has 1 saturated heterocycles. The van der Waals surface area contributed by atoms with E-state index in [9.17, 15) is 14.9 Å². The number of nitro groups is 1. The van der Waals surface area contributed by atoms with Crippen LogP contribution in [0.5, 0.6) is 0 Å². The zero-order valence-corrected chi connectivity index (χ0v) is 16.3. The van der Waals surface area contributed by atoms with Gasteiger partial charge >= 0.3 is 11.7 Å². The molecule has 1 fully saturated rings. The monoisotopic (exact) mass is 383 g/mol. The van der Waals surface area contributed by atoms with Crippen molar-refractivity contribution in [3.8, 4) is 0 Å². The summed E-state index contributed by atoms with van der Waals surface area (Å²) in [5, 5.41) is 16.1. The van der Waals surface area contributed by atoms with Crippen molar-refractivity contribution in [2.24, 2.45) is 0 Å². The van der Waals surface area contributed by atoms with E-state index in [0.717, 1.165) is 19.3 Å². The number of nitrogens with zero attached hydrogens (tertiary/aromatic N) is 3. The van der Waals surface area contributed by atoms with E-state index in [1.807, 2.05) is 13.8 Å². The van der Waals surface area contributed by atoms with Gasteiger partial charge in [-0.1, -0.05) is 13.8 Å². The first-order valence-electron chi connectivity index (χ1n) is 9.68. The minimum Gasteiger partial charge on any atom is -0.461 e. The smallest absolute Gasteiger partial charge is 0.363 e. The molecule has 152 valence electrons. The first-order chi connectivity index (χ1) is 13.0. The summed E-state index contributed by atoms with van der Waals surface area (Å²) in [6.45, 7) is 6.83. The second-order valence-corrected chi connectivity index (χ2v) is 6.46. The third kappa shape index (κ3) is 5.26. The molecule has 0 bridgehead atoms. The normalized spacial score (nSPS) is 17.3. The van der Waals surface area contributed by atoms with Crippen LogP contribution in [0.4, 0.5) is 5.69 Å². The highest BCUT2D eigenvalue weighted by Crippen LogP contribution is 2.33. The molecular formula is C18H29N3O6. The van der Waals surface area contributed by atoms with Crippen LogP contribution in [0.25, 0.3) is 0 Å². The van der Waals surface area contributed by atoms with Gasteiger partial charge < -0.3 is 14.2 Å². The molecule has 1 unspecified atom stereocenters. The largest absolute Gasteiger partial charge is 0.461 e. The Bertz CT molecular complexity index is 635. The van der Waals surface area contributed by atoms with Gasteiger partial charge in [0.2, 0.25) is 5.69 Å².